The van der Waals surface area contributed by atoms with E-state index in [1.807, 2.05) is 22.3 Å². The maximum Gasteiger partial charge on any atom is 0.223 e. The molecule has 0 spiro atoms. The quantitative estimate of drug-likeness (QED) is 0.816. The maximum atomic E-state index is 12.7. The average molecular weight is 313 g/mol. The normalized spacial score (nSPS) is 15.7. The Bertz CT molecular complexity index is 632. The van der Waals surface area contributed by atoms with Crippen LogP contribution >= 0.6 is 11.3 Å². The lowest BCUT2D eigenvalue weighted by atomic mass is 9.85. The molecule has 0 aliphatic carbocycles. The molecule has 1 aromatic heterocycles. The van der Waals surface area contributed by atoms with Crippen LogP contribution in [-0.4, -0.2) is 17.4 Å². The van der Waals surface area contributed by atoms with Crippen molar-refractivity contribution < 1.29 is 4.79 Å². The minimum absolute atomic E-state index is 0.291. The summed E-state index contributed by atoms with van der Waals surface area (Å²) in [5.41, 5.74) is 2.62. The standard InChI is InChI=1S/C19H23NOS/c1-14(2)17(15-6-4-3-5-7-15)12-19(21)20-10-8-18-16(13-20)9-11-22-18/h3-7,9,11,14,17H,8,10,12-13H2,1-2H3. The fourth-order valence-electron chi connectivity index (χ4n) is 3.22. The minimum Gasteiger partial charge on any atom is -0.338 e. The molecular weight excluding hydrogens is 290 g/mol. The van der Waals surface area contributed by atoms with Crippen LogP contribution in [0.1, 0.15) is 42.2 Å². The topological polar surface area (TPSA) is 20.3 Å². The first-order valence-corrected chi connectivity index (χ1v) is 8.91. The monoisotopic (exact) mass is 313 g/mol. The highest BCUT2D eigenvalue weighted by molar-refractivity contribution is 7.10. The first-order valence-electron chi connectivity index (χ1n) is 8.03. The van der Waals surface area contributed by atoms with Gasteiger partial charge in [-0.25, -0.2) is 0 Å². The van der Waals surface area contributed by atoms with Crippen LogP contribution in [0.25, 0.3) is 0 Å². The zero-order valence-corrected chi connectivity index (χ0v) is 14.1. The molecule has 0 N–H and O–H groups in total. The molecule has 0 radical (unpaired) electrons. The summed E-state index contributed by atoms with van der Waals surface area (Å²) in [4.78, 5) is 16.2. The number of benzene rings is 1. The van der Waals surface area contributed by atoms with Gasteiger partial charge in [0.15, 0.2) is 0 Å². The van der Waals surface area contributed by atoms with Crippen molar-refractivity contribution >= 4 is 17.2 Å². The molecule has 3 heteroatoms. The Hall–Kier alpha value is -1.61. The SMILES string of the molecule is CC(C)C(CC(=O)N1CCc2sccc2C1)c1ccccc1. The molecule has 2 nitrogen and oxygen atoms in total. The van der Waals surface area contributed by atoms with Crippen molar-refractivity contribution in [2.24, 2.45) is 5.92 Å². The van der Waals surface area contributed by atoms with Crippen molar-refractivity contribution in [1.82, 2.24) is 4.90 Å². The summed E-state index contributed by atoms with van der Waals surface area (Å²) >= 11 is 1.82. The molecular formula is C19H23NOS. The highest BCUT2D eigenvalue weighted by Gasteiger charge is 2.25. The van der Waals surface area contributed by atoms with Crippen LogP contribution in [-0.2, 0) is 17.8 Å². The van der Waals surface area contributed by atoms with Crippen LogP contribution in [0.5, 0.6) is 0 Å². The van der Waals surface area contributed by atoms with Gasteiger partial charge in [-0.05, 0) is 40.8 Å². The third-order valence-corrected chi connectivity index (χ3v) is 5.61. The van der Waals surface area contributed by atoms with E-state index in [9.17, 15) is 4.79 Å². The van der Waals surface area contributed by atoms with Crippen molar-refractivity contribution in [3.8, 4) is 0 Å². The van der Waals surface area contributed by atoms with E-state index in [2.05, 4.69) is 49.6 Å². The first-order chi connectivity index (χ1) is 10.6. The van der Waals surface area contributed by atoms with Gasteiger partial charge in [0.25, 0.3) is 0 Å². The molecule has 1 aliphatic rings. The average Bonchev–Trinajstić information content (AvgIpc) is 3.00. The van der Waals surface area contributed by atoms with Crippen LogP contribution in [0.2, 0.25) is 0 Å². The molecule has 2 aromatic rings. The predicted molar refractivity (Wildman–Crippen MR) is 92.1 cm³/mol. The van der Waals surface area contributed by atoms with Gasteiger partial charge in [0.05, 0.1) is 0 Å². The molecule has 0 saturated carbocycles. The molecule has 1 aromatic carbocycles. The molecule has 1 atom stereocenters. The summed E-state index contributed by atoms with van der Waals surface area (Å²) in [7, 11) is 0. The number of hydrogen-bond donors (Lipinski definition) is 0. The van der Waals surface area contributed by atoms with Gasteiger partial charge in [0, 0.05) is 24.4 Å². The molecule has 22 heavy (non-hydrogen) atoms. The lowest BCUT2D eigenvalue weighted by molar-refractivity contribution is -0.132. The third kappa shape index (κ3) is 3.25. The number of nitrogens with zero attached hydrogens (tertiary/aromatic N) is 1. The van der Waals surface area contributed by atoms with E-state index in [1.165, 1.54) is 16.0 Å². The van der Waals surface area contributed by atoms with E-state index in [0.29, 0.717) is 24.2 Å². The van der Waals surface area contributed by atoms with Gasteiger partial charge in [0.1, 0.15) is 0 Å². The van der Waals surface area contributed by atoms with Gasteiger partial charge in [-0.1, -0.05) is 44.2 Å². The zero-order valence-electron chi connectivity index (χ0n) is 13.3. The van der Waals surface area contributed by atoms with Crippen LogP contribution in [0.4, 0.5) is 0 Å². The first kappa shape index (κ1) is 15.3. The van der Waals surface area contributed by atoms with E-state index in [0.717, 1.165) is 19.5 Å². The Labute approximate surface area is 136 Å². The summed E-state index contributed by atoms with van der Waals surface area (Å²) in [6, 6.07) is 12.6. The number of rotatable bonds is 4. The van der Waals surface area contributed by atoms with Crippen LogP contribution < -0.4 is 0 Å². The van der Waals surface area contributed by atoms with E-state index in [4.69, 9.17) is 0 Å². The van der Waals surface area contributed by atoms with Gasteiger partial charge in [-0.3, -0.25) is 4.79 Å². The molecule has 0 fully saturated rings. The summed E-state index contributed by atoms with van der Waals surface area (Å²) < 4.78 is 0. The Morgan fingerprint density at radius 1 is 1.23 bits per heavy atom. The van der Waals surface area contributed by atoms with Crippen LogP contribution in [0.15, 0.2) is 41.8 Å². The van der Waals surface area contributed by atoms with Crippen molar-refractivity contribution in [2.75, 3.05) is 6.54 Å². The Balaban J connectivity index is 1.70. The van der Waals surface area contributed by atoms with Crippen molar-refractivity contribution in [3.05, 3.63) is 57.8 Å². The van der Waals surface area contributed by atoms with Gasteiger partial charge in [-0.15, -0.1) is 11.3 Å². The van der Waals surface area contributed by atoms with Crippen molar-refractivity contribution in [3.63, 3.8) is 0 Å². The van der Waals surface area contributed by atoms with Gasteiger partial charge < -0.3 is 4.90 Å². The van der Waals surface area contributed by atoms with Crippen LogP contribution in [0, 0.1) is 5.92 Å². The Kier molecular flexibility index (Phi) is 4.63. The fourth-order valence-corrected chi connectivity index (χ4v) is 4.11. The minimum atomic E-state index is 0.291. The fraction of sp³-hybridized carbons (Fsp3) is 0.421. The van der Waals surface area contributed by atoms with Gasteiger partial charge in [0.2, 0.25) is 5.91 Å². The molecule has 1 unspecified atom stereocenters. The second-order valence-electron chi connectivity index (χ2n) is 6.40. The summed E-state index contributed by atoms with van der Waals surface area (Å²) in [6.45, 7) is 6.07. The highest BCUT2D eigenvalue weighted by atomic mass is 32.1. The highest BCUT2D eigenvalue weighted by Crippen LogP contribution is 2.30. The summed E-state index contributed by atoms with van der Waals surface area (Å²) in [5.74, 6) is 1.06. The van der Waals surface area contributed by atoms with Crippen molar-refractivity contribution in [2.45, 2.75) is 39.2 Å². The third-order valence-electron chi connectivity index (χ3n) is 4.59. The number of hydrogen-bond acceptors (Lipinski definition) is 2. The lowest BCUT2D eigenvalue weighted by Crippen LogP contribution is -2.36. The van der Waals surface area contributed by atoms with E-state index >= 15 is 0 Å². The van der Waals surface area contributed by atoms with E-state index in [1.54, 1.807) is 0 Å². The predicted octanol–water partition coefficient (Wildman–Crippen LogP) is 4.46. The molecule has 0 saturated heterocycles. The second-order valence-corrected chi connectivity index (χ2v) is 7.40. The van der Waals surface area contributed by atoms with Crippen LogP contribution in [0.3, 0.4) is 0 Å². The number of thiophene rings is 1. The maximum absolute atomic E-state index is 12.7. The molecule has 2 heterocycles. The molecule has 0 bridgehead atoms. The van der Waals surface area contributed by atoms with Gasteiger partial charge in [-0.2, -0.15) is 0 Å². The molecule has 116 valence electrons. The Morgan fingerprint density at radius 3 is 2.73 bits per heavy atom. The molecule has 1 amide bonds. The van der Waals surface area contributed by atoms with Crippen molar-refractivity contribution in [1.29, 1.82) is 0 Å². The van der Waals surface area contributed by atoms with Gasteiger partial charge >= 0.3 is 0 Å². The number of fused-ring (bicyclic) bond motifs is 1. The summed E-state index contributed by atoms with van der Waals surface area (Å²) in [6.07, 6.45) is 1.62. The largest absolute Gasteiger partial charge is 0.338 e. The second kappa shape index (κ2) is 6.66. The smallest absolute Gasteiger partial charge is 0.223 e. The number of amides is 1. The van der Waals surface area contributed by atoms with E-state index in [-0.39, 0.29) is 0 Å². The number of carbonyl (C=O) groups is 1. The zero-order chi connectivity index (χ0) is 15.5. The summed E-state index contributed by atoms with van der Waals surface area (Å²) in [5, 5.41) is 2.14. The lowest BCUT2D eigenvalue weighted by Gasteiger charge is -2.30. The molecule has 3 rings (SSSR count). The number of carbonyl (C=O) groups excluding carboxylic acids is 1. The Morgan fingerprint density at radius 2 is 2.00 bits per heavy atom. The van der Waals surface area contributed by atoms with E-state index < -0.39 is 0 Å². The molecule has 1 aliphatic heterocycles.